The summed E-state index contributed by atoms with van der Waals surface area (Å²) in [5.74, 6) is 0.726. The van der Waals surface area contributed by atoms with E-state index in [1.54, 1.807) is 0 Å². The Morgan fingerprint density at radius 3 is 1.82 bits per heavy atom. The van der Waals surface area contributed by atoms with Crippen LogP contribution in [0.15, 0.2) is 205 Å². The second kappa shape index (κ2) is 12.3. The number of fused-ring (bicyclic) bond motifs is 10. The molecule has 0 saturated heterocycles. The number of hydrogen-bond acceptors (Lipinski definition) is 3. The molecule has 0 fully saturated rings. The van der Waals surface area contributed by atoms with Gasteiger partial charge in [0, 0.05) is 38.2 Å². The van der Waals surface area contributed by atoms with Crippen LogP contribution in [0, 0.1) is 0 Å². The maximum Gasteiger partial charge on any atom is 0.203 e. The van der Waals surface area contributed by atoms with Crippen LogP contribution in [0.2, 0.25) is 0 Å². The Bertz CT molecular complexity index is 3310. The highest BCUT2D eigenvalue weighted by molar-refractivity contribution is 7.21. The second-order valence-corrected chi connectivity index (χ2v) is 18.5. The maximum absolute atomic E-state index is 6.43. The molecule has 266 valence electrons. The van der Waals surface area contributed by atoms with Crippen molar-refractivity contribution in [2.24, 2.45) is 0 Å². The summed E-state index contributed by atoms with van der Waals surface area (Å²) >= 11 is 0. The average Bonchev–Trinajstić information content (AvgIpc) is 3.93. The van der Waals surface area contributed by atoms with E-state index < -0.39 is 8.07 Å². The molecule has 0 unspecified atom stereocenters. The van der Waals surface area contributed by atoms with Crippen molar-refractivity contribution < 1.29 is 4.42 Å². The minimum Gasteiger partial charge on any atom is -0.456 e. The summed E-state index contributed by atoms with van der Waals surface area (Å²) in [5, 5.41) is 9.69. The minimum atomic E-state index is -2.94. The fourth-order valence-corrected chi connectivity index (χ4v) is 14.6. The Morgan fingerprint density at radius 2 is 1.05 bits per heavy atom. The Labute approximate surface area is 330 Å². The van der Waals surface area contributed by atoms with Gasteiger partial charge in [-0.2, -0.15) is 0 Å². The van der Waals surface area contributed by atoms with Crippen LogP contribution < -0.4 is 20.9 Å². The summed E-state index contributed by atoms with van der Waals surface area (Å²) in [7, 11) is -2.94. The topological polar surface area (TPSA) is 43.9 Å². The van der Waals surface area contributed by atoms with Crippen molar-refractivity contribution in [3.63, 3.8) is 0 Å². The lowest BCUT2D eigenvalue weighted by molar-refractivity contribution is 0.669. The highest BCUT2D eigenvalue weighted by atomic mass is 28.3. The first-order chi connectivity index (χ1) is 28.3. The minimum absolute atomic E-state index is 0.726. The lowest BCUT2D eigenvalue weighted by Crippen LogP contribution is -2.73. The van der Waals surface area contributed by atoms with Crippen LogP contribution in [-0.4, -0.2) is 22.6 Å². The zero-order valence-corrected chi connectivity index (χ0v) is 31.8. The summed E-state index contributed by atoms with van der Waals surface area (Å²) < 4.78 is 8.85. The van der Waals surface area contributed by atoms with E-state index in [-0.39, 0.29) is 0 Å². The molecule has 1 aliphatic heterocycles. The van der Waals surface area contributed by atoms with E-state index in [1.807, 2.05) is 6.07 Å². The Morgan fingerprint density at radius 1 is 0.439 bits per heavy atom. The van der Waals surface area contributed by atoms with Gasteiger partial charge in [0.05, 0.1) is 27.7 Å². The summed E-state index contributed by atoms with van der Waals surface area (Å²) in [5.41, 5.74) is 10.4. The van der Waals surface area contributed by atoms with Crippen LogP contribution in [0.25, 0.3) is 83.2 Å². The highest BCUT2D eigenvalue weighted by Crippen LogP contribution is 2.44. The molecule has 0 amide bonds. The lowest BCUT2D eigenvalue weighted by atomic mass is 9.99. The normalized spacial score (nSPS) is 13.1. The predicted octanol–water partition coefficient (Wildman–Crippen LogP) is 10.2. The number of para-hydroxylation sites is 3. The predicted molar refractivity (Wildman–Crippen MR) is 237 cm³/mol. The van der Waals surface area contributed by atoms with Gasteiger partial charge < -0.3 is 8.98 Å². The van der Waals surface area contributed by atoms with Crippen LogP contribution >= 0.6 is 0 Å². The molecule has 0 N–H and O–H groups in total. The summed E-state index contributed by atoms with van der Waals surface area (Å²) in [6, 6.07) is 71.8. The van der Waals surface area contributed by atoms with Gasteiger partial charge in [0.1, 0.15) is 11.2 Å². The average molecular weight is 744 g/mol. The van der Waals surface area contributed by atoms with E-state index in [0.717, 1.165) is 72.2 Å². The van der Waals surface area contributed by atoms with Crippen molar-refractivity contribution in [3.8, 4) is 39.5 Å². The Balaban J connectivity index is 1.23. The zero-order chi connectivity index (χ0) is 37.5. The van der Waals surface area contributed by atoms with Gasteiger partial charge >= 0.3 is 0 Å². The third-order valence-electron chi connectivity index (χ3n) is 11.9. The molecule has 0 aliphatic carbocycles. The SMILES string of the molecule is c1ccc(-c2nc(-c3ccccc3-n3c4ccccc4c4c5c(ccc43)oc3ccccc35)c3c(n2)[Si](c2ccccc2)(c2ccccc2)c2ccccc2-3)cc1. The standard InChI is InChI=1S/C52H33N3OSi/c1-4-18-34(19-5-1)51-53-50(49-40-27-13-17-31-46(40)57(52(49)54-51,35-20-6-2-7-21-35)36-22-8-3-9-23-36)38-25-11-15-29-42(38)55-41-28-14-10-24-37(41)47-43(55)32-33-45-48(47)39-26-12-16-30-44(39)56-45/h1-33H. The zero-order valence-electron chi connectivity index (χ0n) is 30.8. The highest BCUT2D eigenvalue weighted by Gasteiger charge is 2.51. The van der Waals surface area contributed by atoms with Crippen LogP contribution in [0.3, 0.4) is 0 Å². The molecular formula is C52H33N3OSi. The van der Waals surface area contributed by atoms with E-state index in [1.165, 1.54) is 31.9 Å². The lowest BCUT2D eigenvalue weighted by Gasteiger charge is -2.30. The number of benzene rings is 8. The first-order valence-electron chi connectivity index (χ1n) is 19.4. The van der Waals surface area contributed by atoms with Crippen molar-refractivity contribution in [3.05, 3.63) is 200 Å². The molecule has 0 radical (unpaired) electrons. The van der Waals surface area contributed by atoms with Gasteiger partial charge in [-0.3, -0.25) is 0 Å². The molecule has 8 aromatic carbocycles. The monoisotopic (exact) mass is 743 g/mol. The largest absolute Gasteiger partial charge is 0.456 e. The maximum atomic E-state index is 6.43. The molecule has 11 aromatic rings. The van der Waals surface area contributed by atoms with Crippen molar-refractivity contribution in [1.29, 1.82) is 0 Å². The van der Waals surface area contributed by atoms with Gasteiger partial charge in [-0.05, 0) is 51.5 Å². The first kappa shape index (κ1) is 32.0. The van der Waals surface area contributed by atoms with E-state index >= 15 is 0 Å². The van der Waals surface area contributed by atoms with Crippen LogP contribution in [-0.2, 0) is 0 Å². The first-order valence-corrected chi connectivity index (χ1v) is 21.4. The molecule has 3 aromatic heterocycles. The summed E-state index contributed by atoms with van der Waals surface area (Å²) in [4.78, 5) is 11.3. The number of hydrogen-bond donors (Lipinski definition) is 0. The molecule has 4 nitrogen and oxygen atoms in total. The molecule has 1 aliphatic rings. The van der Waals surface area contributed by atoms with Gasteiger partial charge in [0.2, 0.25) is 8.07 Å². The quantitative estimate of drug-likeness (QED) is 0.165. The van der Waals surface area contributed by atoms with Crippen molar-refractivity contribution in [1.82, 2.24) is 14.5 Å². The van der Waals surface area contributed by atoms with Gasteiger partial charge in [-0.25, -0.2) is 9.97 Å². The Hall–Kier alpha value is -7.34. The fourth-order valence-electron chi connectivity index (χ4n) is 9.58. The van der Waals surface area contributed by atoms with Crippen molar-refractivity contribution in [2.45, 2.75) is 0 Å². The molecule has 0 atom stereocenters. The van der Waals surface area contributed by atoms with Gasteiger partial charge in [0.25, 0.3) is 0 Å². The number of aromatic nitrogens is 3. The third-order valence-corrected chi connectivity index (χ3v) is 16.6. The molecule has 57 heavy (non-hydrogen) atoms. The summed E-state index contributed by atoms with van der Waals surface area (Å²) in [6.07, 6.45) is 0. The van der Waals surface area contributed by atoms with Crippen molar-refractivity contribution in [2.75, 3.05) is 0 Å². The second-order valence-electron chi connectivity index (χ2n) is 14.8. The Kier molecular flexibility index (Phi) is 6.91. The third kappa shape index (κ3) is 4.49. The smallest absolute Gasteiger partial charge is 0.203 e. The van der Waals surface area contributed by atoms with Crippen LogP contribution in [0.1, 0.15) is 0 Å². The van der Waals surface area contributed by atoms with Crippen LogP contribution in [0.4, 0.5) is 0 Å². The van der Waals surface area contributed by atoms with E-state index in [0.29, 0.717) is 0 Å². The molecule has 12 rings (SSSR count). The molecule has 4 heterocycles. The van der Waals surface area contributed by atoms with Gasteiger partial charge in [0.15, 0.2) is 5.82 Å². The number of nitrogens with zero attached hydrogens (tertiary/aromatic N) is 3. The molecule has 0 spiro atoms. The van der Waals surface area contributed by atoms with E-state index in [4.69, 9.17) is 14.4 Å². The number of furan rings is 1. The molecule has 5 heteroatoms. The van der Waals surface area contributed by atoms with E-state index in [9.17, 15) is 0 Å². The van der Waals surface area contributed by atoms with E-state index in [2.05, 4.69) is 199 Å². The molecular weight excluding hydrogens is 711 g/mol. The number of rotatable bonds is 5. The summed E-state index contributed by atoms with van der Waals surface area (Å²) in [6.45, 7) is 0. The fraction of sp³-hybridized carbons (Fsp3) is 0. The van der Waals surface area contributed by atoms with Gasteiger partial charge in [-0.1, -0.05) is 170 Å². The molecule has 0 bridgehead atoms. The van der Waals surface area contributed by atoms with Crippen LogP contribution in [0.5, 0.6) is 0 Å². The van der Waals surface area contributed by atoms with Crippen molar-refractivity contribution >= 4 is 72.7 Å². The molecule has 0 saturated carbocycles. The van der Waals surface area contributed by atoms with Gasteiger partial charge in [-0.15, -0.1) is 0 Å².